The Balaban J connectivity index is 2.52. The van der Waals surface area contributed by atoms with E-state index in [2.05, 4.69) is 4.74 Å². The molecule has 0 spiro atoms. The average molecular weight is 240 g/mol. The molecule has 0 aromatic heterocycles. The van der Waals surface area contributed by atoms with E-state index in [4.69, 9.17) is 0 Å². The Morgan fingerprint density at radius 3 is 2.39 bits per heavy atom. The van der Waals surface area contributed by atoms with Crippen molar-refractivity contribution in [3.63, 3.8) is 0 Å². The second-order valence-electron chi connectivity index (χ2n) is 4.13. The molecule has 0 fully saturated rings. The monoisotopic (exact) mass is 240 g/mol. The van der Waals surface area contributed by atoms with Crippen LogP contribution < -0.4 is 0 Å². The summed E-state index contributed by atoms with van der Waals surface area (Å²) in [5, 5.41) is 1.24. The van der Waals surface area contributed by atoms with E-state index in [1.807, 2.05) is 0 Å². The maximum Gasteiger partial charge on any atom is 0.347 e. The summed E-state index contributed by atoms with van der Waals surface area (Å²) >= 11 is 0. The summed E-state index contributed by atoms with van der Waals surface area (Å²) in [6, 6.07) is 8.43. The molecular formula is C14H8O4. The first-order valence-corrected chi connectivity index (χ1v) is 5.43. The van der Waals surface area contributed by atoms with Crippen LogP contribution in [0.2, 0.25) is 0 Å². The van der Waals surface area contributed by atoms with Crippen molar-refractivity contribution in [3.8, 4) is 0 Å². The number of cyclic esters (lactones) is 2. The van der Waals surface area contributed by atoms with Gasteiger partial charge in [-0.3, -0.25) is 4.79 Å². The molecule has 0 radical (unpaired) electrons. The largest absolute Gasteiger partial charge is 0.386 e. The standard InChI is InChI=1S/C14H8O4/c1-7(15)10-6-11-12(14(17)18-13(11)16)9-5-3-2-4-8(9)10/h2-6H,1H3. The number of rotatable bonds is 1. The lowest BCUT2D eigenvalue weighted by atomic mass is 9.94. The Kier molecular flexibility index (Phi) is 2.07. The molecule has 0 atom stereocenters. The van der Waals surface area contributed by atoms with Crippen molar-refractivity contribution >= 4 is 28.5 Å². The molecule has 18 heavy (non-hydrogen) atoms. The highest BCUT2D eigenvalue weighted by molar-refractivity contribution is 6.24. The van der Waals surface area contributed by atoms with Crippen molar-refractivity contribution in [3.05, 3.63) is 47.0 Å². The molecule has 3 rings (SSSR count). The third-order valence-corrected chi connectivity index (χ3v) is 3.03. The fourth-order valence-electron chi connectivity index (χ4n) is 2.24. The van der Waals surface area contributed by atoms with Crippen molar-refractivity contribution in [2.45, 2.75) is 6.92 Å². The molecule has 0 aliphatic carbocycles. The summed E-state index contributed by atoms with van der Waals surface area (Å²) in [5.74, 6) is -1.49. The van der Waals surface area contributed by atoms with Gasteiger partial charge in [0.15, 0.2) is 5.78 Å². The molecule has 0 N–H and O–H groups in total. The van der Waals surface area contributed by atoms with Gasteiger partial charge < -0.3 is 4.74 Å². The molecule has 0 amide bonds. The summed E-state index contributed by atoms with van der Waals surface area (Å²) in [7, 11) is 0. The highest BCUT2D eigenvalue weighted by Crippen LogP contribution is 2.31. The summed E-state index contributed by atoms with van der Waals surface area (Å²) in [6.45, 7) is 1.43. The molecule has 4 heteroatoms. The molecule has 1 heterocycles. The lowest BCUT2D eigenvalue weighted by molar-refractivity contribution is 0.0444. The van der Waals surface area contributed by atoms with Crippen LogP contribution in [0.25, 0.3) is 10.8 Å². The van der Waals surface area contributed by atoms with Crippen LogP contribution in [-0.2, 0) is 4.74 Å². The minimum Gasteiger partial charge on any atom is -0.386 e. The van der Waals surface area contributed by atoms with Crippen LogP contribution in [0, 0.1) is 0 Å². The van der Waals surface area contributed by atoms with Crippen LogP contribution in [0.15, 0.2) is 30.3 Å². The van der Waals surface area contributed by atoms with E-state index in [-0.39, 0.29) is 16.9 Å². The number of ketones is 1. The van der Waals surface area contributed by atoms with Crippen molar-refractivity contribution in [1.29, 1.82) is 0 Å². The third kappa shape index (κ3) is 1.29. The van der Waals surface area contributed by atoms with E-state index < -0.39 is 11.9 Å². The third-order valence-electron chi connectivity index (χ3n) is 3.03. The zero-order valence-corrected chi connectivity index (χ0v) is 9.52. The van der Waals surface area contributed by atoms with Gasteiger partial charge in [-0.05, 0) is 23.8 Å². The van der Waals surface area contributed by atoms with Gasteiger partial charge in [-0.15, -0.1) is 0 Å². The molecule has 0 saturated heterocycles. The van der Waals surface area contributed by atoms with Crippen molar-refractivity contribution < 1.29 is 19.1 Å². The van der Waals surface area contributed by atoms with E-state index in [1.165, 1.54) is 13.0 Å². The fourth-order valence-corrected chi connectivity index (χ4v) is 2.24. The minimum atomic E-state index is -0.691. The molecule has 2 aromatic rings. The number of Topliss-reactive ketones (excluding diaryl/α,β-unsaturated/α-hetero) is 1. The van der Waals surface area contributed by atoms with Gasteiger partial charge in [0.2, 0.25) is 0 Å². The molecule has 0 saturated carbocycles. The van der Waals surface area contributed by atoms with Gasteiger partial charge >= 0.3 is 11.9 Å². The van der Waals surface area contributed by atoms with Gasteiger partial charge in [-0.2, -0.15) is 0 Å². The van der Waals surface area contributed by atoms with Crippen LogP contribution >= 0.6 is 0 Å². The van der Waals surface area contributed by atoms with E-state index in [1.54, 1.807) is 24.3 Å². The normalized spacial score (nSPS) is 13.6. The zero-order chi connectivity index (χ0) is 12.9. The average Bonchev–Trinajstić information content (AvgIpc) is 2.64. The number of carbonyl (C=O) groups excluding carboxylic acids is 3. The topological polar surface area (TPSA) is 60.4 Å². The first kappa shape index (κ1) is 10.7. The van der Waals surface area contributed by atoms with Crippen LogP contribution in [0.3, 0.4) is 0 Å². The number of benzene rings is 2. The van der Waals surface area contributed by atoms with Gasteiger partial charge in [0.1, 0.15) is 0 Å². The van der Waals surface area contributed by atoms with Gasteiger partial charge in [0.25, 0.3) is 0 Å². The number of hydrogen-bond acceptors (Lipinski definition) is 4. The molecular weight excluding hydrogens is 232 g/mol. The number of carbonyl (C=O) groups is 3. The first-order chi connectivity index (χ1) is 8.59. The molecule has 4 nitrogen and oxygen atoms in total. The van der Waals surface area contributed by atoms with Crippen molar-refractivity contribution in [2.75, 3.05) is 0 Å². The Bertz CT molecular complexity index is 728. The van der Waals surface area contributed by atoms with Crippen molar-refractivity contribution in [2.24, 2.45) is 0 Å². The van der Waals surface area contributed by atoms with E-state index in [9.17, 15) is 14.4 Å². The maximum atomic E-state index is 11.6. The predicted molar refractivity (Wildman–Crippen MR) is 63.7 cm³/mol. The number of esters is 2. The molecule has 1 aliphatic rings. The lowest BCUT2D eigenvalue weighted by Gasteiger charge is -2.06. The van der Waals surface area contributed by atoms with Gasteiger partial charge in [-0.25, -0.2) is 9.59 Å². The molecule has 88 valence electrons. The minimum absolute atomic E-state index is 0.152. The smallest absolute Gasteiger partial charge is 0.347 e. The van der Waals surface area contributed by atoms with Gasteiger partial charge in [0, 0.05) is 5.56 Å². The second-order valence-corrected chi connectivity index (χ2v) is 4.13. The lowest BCUT2D eigenvalue weighted by Crippen LogP contribution is -2.00. The summed E-state index contributed by atoms with van der Waals surface area (Å²) < 4.78 is 4.59. The maximum absolute atomic E-state index is 11.6. The predicted octanol–water partition coefficient (Wildman–Crippen LogP) is 2.35. The van der Waals surface area contributed by atoms with Gasteiger partial charge in [-0.1, -0.05) is 24.3 Å². The van der Waals surface area contributed by atoms with Crippen LogP contribution in [0.4, 0.5) is 0 Å². The molecule has 1 aliphatic heterocycles. The SMILES string of the molecule is CC(=O)c1cc2c(c3ccccc13)C(=O)OC2=O. The number of ether oxygens (including phenoxy) is 1. The van der Waals surface area contributed by atoms with E-state index in [0.717, 1.165) is 0 Å². The quantitative estimate of drug-likeness (QED) is 0.436. The Morgan fingerprint density at radius 1 is 1.06 bits per heavy atom. The number of fused-ring (bicyclic) bond motifs is 3. The number of hydrogen-bond donors (Lipinski definition) is 0. The molecule has 0 unspecified atom stereocenters. The summed E-state index contributed by atoms with van der Waals surface area (Å²) in [4.78, 5) is 34.8. The summed E-state index contributed by atoms with van der Waals surface area (Å²) in [6.07, 6.45) is 0. The Morgan fingerprint density at radius 2 is 1.72 bits per heavy atom. The first-order valence-electron chi connectivity index (χ1n) is 5.43. The van der Waals surface area contributed by atoms with Gasteiger partial charge in [0.05, 0.1) is 11.1 Å². The van der Waals surface area contributed by atoms with Crippen LogP contribution in [0.1, 0.15) is 38.0 Å². The fraction of sp³-hybridized carbons (Fsp3) is 0.0714. The van der Waals surface area contributed by atoms with E-state index in [0.29, 0.717) is 16.3 Å². The Labute approximate surface area is 102 Å². The van der Waals surface area contributed by atoms with E-state index >= 15 is 0 Å². The van der Waals surface area contributed by atoms with Crippen LogP contribution in [0.5, 0.6) is 0 Å². The second kappa shape index (κ2) is 3.50. The Hall–Kier alpha value is -2.49. The highest BCUT2D eigenvalue weighted by Gasteiger charge is 2.32. The summed E-state index contributed by atoms with van der Waals surface area (Å²) in [5.41, 5.74) is 0.848. The zero-order valence-electron chi connectivity index (χ0n) is 9.52. The van der Waals surface area contributed by atoms with Crippen molar-refractivity contribution in [1.82, 2.24) is 0 Å². The molecule has 0 bridgehead atoms. The highest BCUT2D eigenvalue weighted by atomic mass is 16.6. The molecule has 2 aromatic carbocycles. The van der Waals surface area contributed by atoms with Crippen LogP contribution in [-0.4, -0.2) is 17.7 Å².